The molecule has 0 aliphatic heterocycles. The summed E-state index contributed by atoms with van der Waals surface area (Å²) in [4.78, 5) is 18.7. The van der Waals surface area contributed by atoms with Crippen molar-refractivity contribution in [2.75, 3.05) is 0 Å². The maximum atomic E-state index is 9.37. The van der Waals surface area contributed by atoms with Crippen molar-refractivity contribution in [2.24, 2.45) is 0 Å². The molecule has 0 saturated heterocycles. The fourth-order valence-electron chi connectivity index (χ4n) is 3.12. The van der Waals surface area contributed by atoms with Gasteiger partial charge in [0.25, 0.3) is 0 Å². The lowest BCUT2D eigenvalue weighted by molar-refractivity contribution is -0.137. The van der Waals surface area contributed by atoms with Crippen molar-refractivity contribution in [2.45, 2.75) is 183 Å². The summed E-state index contributed by atoms with van der Waals surface area (Å²) in [5, 5.41) is 15.4. The van der Waals surface area contributed by atoms with Crippen LogP contribution in [0.15, 0.2) is 0 Å². The van der Waals surface area contributed by atoms with Crippen molar-refractivity contribution in [3.05, 3.63) is 0 Å². The Morgan fingerprint density at radius 2 is 0.579 bits per heavy atom. The van der Waals surface area contributed by atoms with Crippen LogP contribution in [0.5, 0.6) is 0 Å². The van der Waals surface area contributed by atoms with Crippen LogP contribution in [-0.2, 0) is 21.0 Å². The van der Waals surface area contributed by atoms with Gasteiger partial charge in [-0.15, -0.1) is 0 Å². The number of unbranched alkanes of at least 4 members (excludes halogenated alkanes) is 18. The Labute approximate surface area is 239 Å². The molecule has 7 nitrogen and oxygen atoms in total. The highest BCUT2D eigenvalue weighted by Gasteiger charge is 1.91. The highest BCUT2D eigenvalue weighted by Crippen LogP contribution is 2.10. The van der Waals surface area contributed by atoms with E-state index in [1.54, 1.807) is 13.8 Å². The van der Waals surface area contributed by atoms with Gasteiger partial charge in [0.1, 0.15) is 0 Å². The van der Waals surface area contributed by atoms with Crippen LogP contribution < -0.4 is 0 Å². The third-order valence-electron chi connectivity index (χ3n) is 5.52. The summed E-state index contributed by atoms with van der Waals surface area (Å²) in [6, 6.07) is 0. The highest BCUT2D eigenvalue weighted by atomic mass is 32.2. The Balaban J connectivity index is -0.000000129. The number of carboxylic acids is 2. The molecule has 0 heterocycles. The van der Waals surface area contributed by atoms with Crippen LogP contribution in [0.4, 0.5) is 0 Å². The van der Waals surface area contributed by atoms with E-state index in [0.717, 1.165) is 0 Å². The maximum absolute atomic E-state index is 9.37. The molecule has 0 radical (unpaired) electrons. The largest absolute Gasteiger partial charge is 0.750 e. The van der Waals surface area contributed by atoms with Gasteiger partial charge in [0, 0.05) is 12.8 Å². The van der Waals surface area contributed by atoms with E-state index in [0.29, 0.717) is 0 Å². The first-order valence-electron chi connectivity index (χ1n) is 15.3. The average molecular weight is 570 g/mol. The van der Waals surface area contributed by atoms with Crippen LogP contribution >= 0.6 is 0 Å². The second kappa shape index (κ2) is 49.0. The number of carboxylic acid groups (broad SMARTS) is 2. The van der Waals surface area contributed by atoms with Crippen molar-refractivity contribution in [3.8, 4) is 0 Å². The van der Waals surface area contributed by atoms with E-state index in [1.807, 2.05) is 0 Å². The predicted molar refractivity (Wildman–Crippen MR) is 162 cm³/mol. The monoisotopic (exact) mass is 569 g/mol. The van der Waals surface area contributed by atoms with E-state index in [4.69, 9.17) is 23.5 Å². The van der Waals surface area contributed by atoms with Crippen LogP contribution in [-0.4, -0.2) is 35.5 Å². The molecule has 0 fully saturated rings. The summed E-state index contributed by atoms with van der Waals surface area (Å²) in [6.07, 6.45) is 29.3. The van der Waals surface area contributed by atoms with Gasteiger partial charge in [-0.05, 0) is 0 Å². The summed E-state index contributed by atoms with van der Waals surface area (Å²) in [6.45, 7) is 12.3. The normalized spacial score (nSPS) is 10.2. The number of hydrogen-bond donors (Lipinski definition) is 3. The number of aliphatic carboxylic acids is 2. The molecular weight excluding hydrogens is 504 g/mol. The highest BCUT2D eigenvalue weighted by molar-refractivity contribution is 7.73. The van der Waals surface area contributed by atoms with E-state index in [-0.39, 0.29) is 12.8 Å². The van der Waals surface area contributed by atoms with E-state index in [9.17, 15) is 9.59 Å². The van der Waals surface area contributed by atoms with Crippen molar-refractivity contribution in [1.29, 1.82) is 0 Å². The standard InChI is InChI=1S/2C12H26.2C3H6O2.H2O3S/c2*1-3-5-7-9-11-12-10-8-6-4-2;2*1-2-3(4)5;1-4(2)3/h2*3-12H2,1-2H3;2*2H2,1H3,(H,4,5);(H2,1,2,3)/p-1. The van der Waals surface area contributed by atoms with Crippen molar-refractivity contribution < 1.29 is 33.1 Å². The molecule has 8 heteroatoms. The van der Waals surface area contributed by atoms with Gasteiger partial charge < -0.3 is 19.3 Å². The zero-order chi connectivity index (χ0) is 30.3. The van der Waals surface area contributed by atoms with Gasteiger partial charge >= 0.3 is 11.9 Å². The predicted octanol–water partition coefficient (Wildman–Crippen LogP) is 10.2. The van der Waals surface area contributed by atoms with Crippen LogP contribution in [0.3, 0.4) is 0 Å². The molecule has 0 amide bonds. The van der Waals surface area contributed by atoms with Crippen LogP contribution in [0, 0.1) is 0 Å². The molecule has 38 heavy (non-hydrogen) atoms. The molecule has 3 N–H and O–H groups in total. The molecule has 0 aromatic heterocycles. The van der Waals surface area contributed by atoms with Gasteiger partial charge in [0.15, 0.2) is 0 Å². The van der Waals surface area contributed by atoms with Crippen LogP contribution in [0.2, 0.25) is 0 Å². The van der Waals surface area contributed by atoms with E-state index < -0.39 is 23.3 Å². The Morgan fingerprint density at radius 3 is 0.658 bits per heavy atom. The summed E-state index contributed by atoms with van der Waals surface area (Å²) in [7, 11) is 0. The number of hydrogen-bond acceptors (Lipinski definition) is 4. The van der Waals surface area contributed by atoms with Crippen LogP contribution in [0.25, 0.3) is 0 Å². The minimum Gasteiger partial charge on any atom is -0.750 e. The summed E-state index contributed by atoms with van der Waals surface area (Å²) < 4.78 is 24.1. The second-order valence-corrected chi connectivity index (χ2v) is 9.80. The molecule has 0 aromatic rings. The molecule has 1 atom stereocenters. The fourth-order valence-corrected chi connectivity index (χ4v) is 3.12. The van der Waals surface area contributed by atoms with Gasteiger partial charge in [-0.1, -0.05) is 170 Å². The number of rotatable bonds is 20. The Bertz CT molecular complexity index is 388. The smallest absolute Gasteiger partial charge is 0.303 e. The van der Waals surface area contributed by atoms with E-state index in [1.165, 1.54) is 128 Å². The Morgan fingerprint density at radius 1 is 0.474 bits per heavy atom. The lowest BCUT2D eigenvalue weighted by atomic mass is 10.1. The molecule has 0 aliphatic carbocycles. The molecule has 0 bridgehead atoms. The summed E-state index contributed by atoms with van der Waals surface area (Å²) >= 11 is -2.86. The summed E-state index contributed by atoms with van der Waals surface area (Å²) in [5.41, 5.74) is 0. The molecule has 0 saturated carbocycles. The molecule has 0 rings (SSSR count). The minimum atomic E-state index is -2.86. The van der Waals surface area contributed by atoms with E-state index in [2.05, 4.69) is 27.7 Å². The third kappa shape index (κ3) is 91.7. The van der Waals surface area contributed by atoms with E-state index >= 15 is 0 Å². The van der Waals surface area contributed by atoms with Crippen molar-refractivity contribution in [1.82, 2.24) is 0 Å². The Hall–Kier alpha value is -0.990. The van der Waals surface area contributed by atoms with Gasteiger partial charge in [0.2, 0.25) is 0 Å². The lowest BCUT2D eigenvalue weighted by Crippen LogP contribution is -1.86. The first-order valence-corrected chi connectivity index (χ1v) is 16.4. The Kier molecular flexibility index (Phi) is 60.4. The fraction of sp³-hybridized carbons (Fsp3) is 0.933. The third-order valence-corrected chi connectivity index (χ3v) is 5.52. The SMILES string of the molecule is CCC(=O)O.CCC(=O)O.CCCCCCCCCCCC.CCCCCCCCCCCC.O=S([O-])O. The van der Waals surface area contributed by atoms with Gasteiger partial charge in [0.05, 0.1) is 11.4 Å². The lowest BCUT2D eigenvalue weighted by Gasteiger charge is -1.99. The molecule has 1 unspecified atom stereocenters. The topological polar surface area (TPSA) is 135 Å². The van der Waals surface area contributed by atoms with Gasteiger partial charge in [-0.25, -0.2) is 4.21 Å². The molecule has 0 aromatic carbocycles. The maximum Gasteiger partial charge on any atom is 0.303 e. The molecule has 0 spiro atoms. The first kappa shape index (κ1) is 46.8. The van der Waals surface area contributed by atoms with Gasteiger partial charge in [-0.2, -0.15) is 0 Å². The minimum absolute atomic E-state index is 0.222. The summed E-state index contributed by atoms with van der Waals surface area (Å²) in [5.74, 6) is -1.49. The average Bonchev–Trinajstić information content (AvgIpc) is 2.88. The molecule has 0 aliphatic rings. The zero-order valence-corrected chi connectivity index (χ0v) is 26.8. The van der Waals surface area contributed by atoms with Crippen LogP contribution in [0.1, 0.15) is 183 Å². The van der Waals surface area contributed by atoms with Crippen molar-refractivity contribution in [3.63, 3.8) is 0 Å². The second-order valence-electron chi connectivity index (χ2n) is 9.37. The quantitative estimate of drug-likeness (QED) is 0.0980. The first-order chi connectivity index (χ1) is 18.1. The number of carbonyl (C=O) groups is 2. The molecular formula is C30H65O7S-. The van der Waals surface area contributed by atoms with Crippen molar-refractivity contribution >= 4 is 23.3 Å². The zero-order valence-electron chi connectivity index (χ0n) is 25.9. The molecule has 234 valence electrons. The van der Waals surface area contributed by atoms with Gasteiger partial charge in [-0.3, -0.25) is 9.59 Å².